The van der Waals surface area contributed by atoms with E-state index in [0.29, 0.717) is 5.54 Å². The molecule has 0 saturated heterocycles. The van der Waals surface area contributed by atoms with E-state index in [0.717, 1.165) is 12.0 Å². The summed E-state index contributed by atoms with van der Waals surface area (Å²) in [7, 11) is 0. The molecule has 15 heavy (non-hydrogen) atoms. The molecule has 0 aromatic heterocycles. The van der Waals surface area contributed by atoms with Crippen molar-refractivity contribution < 1.29 is 0 Å². The van der Waals surface area contributed by atoms with Crippen LogP contribution in [0.5, 0.6) is 0 Å². The van der Waals surface area contributed by atoms with Crippen LogP contribution in [0.1, 0.15) is 70.6 Å². The van der Waals surface area contributed by atoms with Crippen LogP contribution in [0.2, 0.25) is 0 Å². The van der Waals surface area contributed by atoms with Crippen molar-refractivity contribution in [3.05, 3.63) is 0 Å². The molecule has 1 nitrogen and oxygen atoms in total. The Morgan fingerprint density at radius 3 is 2.13 bits per heavy atom. The molecule has 0 unspecified atom stereocenters. The maximum atomic E-state index is 3.95. The lowest BCUT2D eigenvalue weighted by Crippen LogP contribution is -2.53. The third kappa shape index (κ3) is 2.38. The third-order valence-electron chi connectivity index (χ3n) is 4.80. The van der Waals surface area contributed by atoms with Gasteiger partial charge in [-0.05, 0) is 44.4 Å². The molecule has 86 valence electrons. The van der Waals surface area contributed by atoms with E-state index in [9.17, 15) is 0 Å². The minimum Gasteiger partial charge on any atom is -0.308 e. The van der Waals surface area contributed by atoms with E-state index in [2.05, 4.69) is 5.32 Å². The summed E-state index contributed by atoms with van der Waals surface area (Å²) in [5.74, 6) is 1.06. The van der Waals surface area contributed by atoms with E-state index < -0.39 is 0 Å². The highest BCUT2D eigenvalue weighted by Crippen LogP contribution is 2.43. The Balaban J connectivity index is 1.53. The predicted molar refractivity (Wildman–Crippen MR) is 63.9 cm³/mol. The van der Waals surface area contributed by atoms with E-state index in [4.69, 9.17) is 0 Å². The Kier molecular flexibility index (Phi) is 2.76. The van der Waals surface area contributed by atoms with Crippen molar-refractivity contribution in [1.29, 1.82) is 0 Å². The van der Waals surface area contributed by atoms with Gasteiger partial charge in [0, 0.05) is 11.6 Å². The molecule has 3 rings (SSSR count). The van der Waals surface area contributed by atoms with Gasteiger partial charge in [0.2, 0.25) is 0 Å². The van der Waals surface area contributed by atoms with Gasteiger partial charge in [-0.3, -0.25) is 0 Å². The summed E-state index contributed by atoms with van der Waals surface area (Å²) in [6.45, 7) is 0. The van der Waals surface area contributed by atoms with Gasteiger partial charge in [0.15, 0.2) is 0 Å². The molecule has 0 bridgehead atoms. The van der Waals surface area contributed by atoms with Gasteiger partial charge in [-0.25, -0.2) is 0 Å². The Morgan fingerprint density at radius 2 is 1.60 bits per heavy atom. The topological polar surface area (TPSA) is 12.0 Å². The van der Waals surface area contributed by atoms with Gasteiger partial charge in [0.25, 0.3) is 0 Å². The smallest absolute Gasteiger partial charge is 0.0186 e. The van der Waals surface area contributed by atoms with E-state index in [1.807, 2.05) is 0 Å². The quantitative estimate of drug-likeness (QED) is 0.742. The summed E-state index contributed by atoms with van der Waals surface area (Å²) in [4.78, 5) is 0. The predicted octanol–water partition coefficient (Wildman–Crippen LogP) is 3.63. The van der Waals surface area contributed by atoms with Gasteiger partial charge in [-0.2, -0.15) is 0 Å². The van der Waals surface area contributed by atoms with Gasteiger partial charge < -0.3 is 5.32 Å². The van der Waals surface area contributed by atoms with Crippen LogP contribution in [0.15, 0.2) is 0 Å². The molecule has 0 aliphatic heterocycles. The normalized spacial score (nSPS) is 31.2. The molecule has 0 aromatic carbocycles. The zero-order valence-electron chi connectivity index (χ0n) is 9.93. The summed E-state index contributed by atoms with van der Waals surface area (Å²) >= 11 is 0. The Hall–Kier alpha value is -0.0400. The number of rotatable bonds is 4. The van der Waals surface area contributed by atoms with Crippen LogP contribution < -0.4 is 5.32 Å². The molecule has 3 fully saturated rings. The maximum absolute atomic E-state index is 3.95. The SMILES string of the molecule is C1CCC(CC2(NC3CC3)CCC2)CC1. The fourth-order valence-corrected chi connectivity index (χ4v) is 3.62. The van der Waals surface area contributed by atoms with Crippen molar-refractivity contribution >= 4 is 0 Å². The van der Waals surface area contributed by atoms with Gasteiger partial charge in [-0.1, -0.05) is 32.1 Å². The molecule has 0 heterocycles. The van der Waals surface area contributed by atoms with Crippen molar-refractivity contribution in [3.8, 4) is 0 Å². The van der Waals surface area contributed by atoms with Crippen LogP contribution in [0.4, 0.5) is 0 Å². The highest BCUT2D eigenvalue weighted by Gasteiger charge is 2.42. The second-order valence-electron chi connectivity index (χ2n) is 6.26. The van der Waals surface area contributed by atoms with Gasteiger partial charge >= 0.3 is 0 Å². The van der Waals surface area contributed by atoms with E-state index in [1.165, 1.54) is 70.6 Å². The van der Waals surface area contributed by atoms with Crippen molar-refractivity contribution in [2.45, 2.75) is 82.2 Å². The van der Waals surface area contributed by atoms with Crippen LogP contribution >= 0.6 is 0 Å². The lowest BCUT2D eigenvalue weighted by molar-refractivity contribution is 0.126. The fourth-order valence-electron chi connectivity index (χ4n) is 3.62. The first-order chi connectivity index (χ1) is 7.36. The van der Waals surface area contributed by atoms with Crippen molar-refractivity contribution in [1.82, 2.24) is 5.32 Å². The zero-order valence-corrected chi connectivity index (χ0v) is 9.93. The van der Waals surface area contributed by atoms with Crippen molar-refractivity contribution in [2.24, 2.45) is 5.92 Å². The molecule has 1 N–H and O–H groups in total. The number of hydrogen-bond acceptors (Lipinski definition) is 1. The fraction of sp³-hybridized carbons (Fsp3) is 1.00. The second kappa shape index (κ2) is 4.08. The Labute approximate surface area is 94.0 Å². The molecule has 0 amide bonds. The summed E-state index contributed by atoms with van der Waals surface area (Å²) in [5, 5.41) is 3.95. The van der Waals surface area contributed by atoms with Crippen LogP contribution in [0.3, 0.4) is 0 Å². The summed E-state index contributed by atoms with van der Waals surface area (Å²) in [6.07, 6.45) is 16.4. The Bertz CT molecular complexity index is 209. The van der Waals surface area contributed by atoms with E-state index in [-0.39, 0.29) is 0 Å². The zero-order chi connectivity index (χ0) is 10.1. The highest BCUT2D eigenvalue weighted by atomic mass is 15.1. The third-order valence-corrected chi connectivity index (χ3v) is 4.80. The van der Waals surface area contributed by atoms with Crippen LogP contribution in [0.25, 0.3) is 0 Å². The minimum absolute atomic E-state index is 0.614. The van der Waals surface area contributed by atoms with E-state index in [1.54, 1.807) is 0 Å². The van der Waals surface area contributed by atoms with Gasteiger partial charge in [0.05, 0.1) is 0 Å². The molecular weight excluding hydrogens is 182 g/mol. The average Bonchev–Trinajstić information content (AvgIpc) is 3.00. The van der Waals surface area contributed by atoms with Crippen molar-refractivity contribution in [2.75, 3.05) is 0 Å². The first-order valence-corrected chi connectivity index (χ1v) is 7.14. The maximum Gasteiger partial charge on any atom is 0.0186 e. The van der Waals surface area contributed by atoms with Gasteiger partial charge in [-0.15, -0.1) is 0 Å². The lowest BCUT2D eigenvalue weighted by Gasteiger charge is -2.46. The van der Waals surface area contributed by atoms with Crippen LogP contribution in [-0.4, -0.2) is 11.6 Å². The van der Waals surface area contributed by atoms with Crippen molar-refractivity contribution in [3.63, 3.8) is 0 Å². The first-order valence-electron chi connectivity index (χ1n) is 7.14. The standard InChI is InChI=1S/C14H25N/c1-2-5-12(6-3-1)11-14(9-4-10-14)15-13-7-8-13/h12-13,15H,1-11H2. The van der Waals surface area contributed by atoms with E-state index >= 15 is 0 Å². The van der Waals surface area contributed by atoms with Crippen LogP contribution in [0, 0.1) is 5.92 Å². The van der Waals surface area contributed by atoms with Crippen LogP contribution in [-0.2, 0) is 0 Å². The molecular formula is C14H25N. The summed E-state index contributed by atoms with van der Waals surface area (Å²) in [5.41, 5.74) is 0.614. The summed E-state index contributed by atoms with van der Waals surface area (Å²) < 4.78 is 0. The highest BCUT2D eigenvalue weighted by molar-refractivity contribution is 5.01. The molecule has 3 aliphatic carbocycles. The largest absolute Gasteiger partial charge is 0.308 e. The number of hydrogen-bond donors (Lipinski definition) is 1. The molecule has 3 saturated carbocycles. The molecule has 0 radical (unpaired) electrons. The molecule has 3 aliphatic rings. The van der Waals surface area contributed by atoms with Gasteiger partial charge in [0.1, 0.15) is 0 Å². The lowest BCUT2D eigenvalue weighted by atomic mass is 9.68. The molecule has 1 heteroatoms. The Morgan fingerprint density at radius 1 is 0.867 bits per heavy atom. The summed E-state index contributed by atoms with van der Waals surface area (Å²) in [6, 6.07) is 0.911. The minimum atomic E-state index is 0.614. The molecule has 0 aromatic rings. The second-order valence-corrected chi connectivity index (χ2v) is 6.26. The molecule has 0 atom stereocenters. The molecule has 0 spiro atoms. The number of nitrogens with one attached hydrogen (secondary N) is 1. The monoisotopic (exact) mass is 207 g/mol. The average molecular weight is 207 g/mol. The first kappa shape index (κ1) is 10.1.